The maximum atomic E-state index is 11.6. The molecule has 5 heteroatoms. The molecule has 0 atom stereocenters. The fraction of sp³-hybridized carbons (Fsp3) is 0.211. The van der Waals surface area contributed by atoms with E-state index in [2.05, 4.69) is 22.5 Å². The first-order valence-electron chi connectivity index (χ1n) is 7.60. The van der Waals surface area contributed by atoms with E-state index in [1.807, 2.05) is 54.6 Å². The van der Waals surface area contributed by atoms with Crippen molar-refractivity contribution in [2.24, 2.45) is 0 Å². The van der Waals surface area contributed by atoms with Crippen molar-refractivity contribution in [1.29, 1.82) is 0 Å². The minimum Gasteiger partial charge on any atom is -0.497 e. The number of urea groups is 1. The second-order valence-corrected chi connectivity index (χ2v) is 4.80. The first kappa shape index (κ1) is 17.2. The lowest BCUT2D eigenvalue weighted by Gasteiger charge is -2.08. The van der Waals surface area contributed by atoms with E-state index in [1.54, 1.807) is 7.11 Å². The van der Waals surface area contributed by atoms with Crippen LogP contribution in [0.4, 0.5) is 4.79 Å². The molecule has 5 nitrogen and oxygen atoms in total. The Hall–Kier alpha value is -3.13. The Kier molecular flexibility index (Phi) is 7.03. The van der Waals surface area contributed by atoms with Crippen LogP contribution >= 0.6 is 0 Å². The van der Waals surface area contributed by atoms with Gasteiger partial charge in [0.05, 0.1) is 20.2 Å². The number of amides is 2. The molecule has 24 heavy (non-hydrogen) atoms. The summed E-state index contributed by atoms with van der Waals surface area (Å²) in [6.07, 6.45) is 0. The Morgan fingerprint density at radius 1 is 1.00 bits per heavy atom. The molecule has 2 aromatic rings. The molecule has 0 aliphatic rings. The van der Waals surface area contributed by atoms with Crippen molar-refractivity contribution in [2.75, 3.05) is 26.8 Å². The average molecular weight is 324 g/mol. The van der Waals surface area contributed by atoms with Gasteiger partial charge in [0.1, 0.15) is 18.1 Å². The Bertz CT molecular complexity index is 688. The van der Waals surface area contributed by atoms with Crippen LogP contribution in [-0.4, -0.2) is 32.8 Å². The molecule has 0 spiro atoms. The summed E-state index contributed by atoms with van der Waals surface area (Å²) < 4.78 is 10.6. The van der Waals surface area contributed by atoms with Crippen LogP contribution in [0.15, 0.2) is 54.6 Å². The van der Waals surface area contributed by atoms with Crippen molar-refractivity contribution in [3.8, 4) is 23.3 Å². The van der Waals surface area contributed by atoms with E-state index >= 15 is 0 Å². The van der Waals surface area contributed by atoms with E-state index < -0.39 is 0 Å². The van der Waals surface area contributed by atoms with Gasteiger partial charge in [0.2, 0.25) is 0 Å². The number of ether oxygens (including phenoxy) is 2. The first-order valence-corrected chi connectivity index (χ1v) is 7.60. The normalized spacial score (nSPS) is 9.38. The van der Waals surface area contributed by atoms with Crippen LogP contribution in [0, 0.1) is 11.8 Å². The van der Waals surface area contributed by atoms with Gasteiger partial charge in [-0.15, -0.1) is 0 Å². The second-order valence-electron chi connectivity index (χ2n) is 4.80. The van der Waals surface area contributed by atoms with Gasteiger partial charge in [-0.05, 0) is 36.4 Å². The van der Waals surface area contributed by atoms with E-state index in [4.69, 9.17) is 9.47 Å². The summed E-state index contributed by atoms with van der Waals surface area (Å²) in [7, 11) is 1.61. The highest BCUT2D eigenvalue weighted by molar-refractivity contribution is 5.74. The third-order valence-corrected chi connectivity index (χ3v) is 3.06. The minimum atomic E-state index is -0.268. The monoisotopic (exact) mass is 324 g/mol. The van der Waals surface area contributed by atoms with Crippen molar-refractivity contribution < 1.29 is 14.3 Å². The van der Waals surface area contributed by atoms with Gasteiger partial charge in [-0.3, -0.25) is 0 Å². The number of nitrogens with one attached hydrogen (secondary N) is 2. The van der Waals surface area contributed by atoms with Crippen LogP contribution in [0.3, 0.4) is 0 Å². The van der Waals surface area contributed by atoms with Crippen LogP contribution in [-0.2, 0) is 0 Å². The minimum absolute atomic E-state index is 0.268. The van der Waals surface area contributed by atoms with E-state index in [1.165, 1.54) is 0 Å². The Balaban J connectivity index is 1.59. The number of hydrogen-bond donors (Lipinski definition) is 2. The molecule has 0 aromatic heterocycles. The second kappa shape index (κ2) is 9.80. The van der Waals surface area contributed by atoms with Gasteiger partial charge >= 0.3 is 6.03 Å². The molecule has 0 heterocycles. The highest BCUT2D eigenvalue weighted by atomic mass is 16.5. The SMILES string of the molecule is COc1ccc(OCCNC(=O)NCC#Cc2ccccc2)cc1. The first-order chi connectivity index (χ1) is 11.8. The highest BCUT2D eigenvalue weighted by Gasteiger charge is 1.98. The summed E-state index contributed by atoms with van der Waals surface area (Å²) in [5.41, 5.74) is 0.924. The lowest BCUT2D eigenvalue weighted by atomic mass is 10.2. The topological polar surface area (TPSA) is 59.6 Å². The van der Waals surface area contributed by atoms with Crippen LogP contribution in [0.1, 0.15) is 5.56 Å². The Labute approximate surface area is 142 Å². The zero-order chi connectivity index (χ0) is 17.0. The van der Waals surface area contributed by atoms with Gasteiger partial charge in [-0.1, -0.05) is 30.0 Å². The van der Waals surface area contributed by atoms with Gasteiger partial charge in [-0.25, -0.2) is 4.79 Å². The summed E-state index contributed by atoms with van der Waals surface area (Å²) in [6, 6.07) is 16.6. The zero-order valence-electron chi connectivity index (χ0n) is 13.5. The predicted molar refractivity (Wildman–Crippen MR) is 93.2 cm³/mol. The van der Waals surface area contributed by atoms with E-state index in [0.29, 0.717) is 19.7 Å². The number of hydrogen-bond acceptors (Lipinski definition) is 3. The van der Waals surface area contributed by atoms with Gasteiger partial charge in [0.15, 0.2) is 0 Å². The third kappa shape index (κ3) is 6.32. The summed E-state index contributed by atoms with van der Waals surface area (Å²) in [5.74, 6) is 7.37. The van der Waals surface area contributed by atoms with Crippen molar-refractivity contribution in [2.45, 2.75) is 0 Å². The molecule has 0 unspecified atom stereocenters. The molecular weight excluding hydrogens is 304 g/mol. The zero-order valence-corrected chi connectivity index (χ0v) is 13.5. The molecule has 2 amide bonds. The average Bonchev–Trinajstić information content (AvgIpc) is 2.64. The van der Waals surface area contributed by atoms with Gasteiger partial charge in [0.25, 0.3) is 0 Å². The summed E-state index contributed by atoms with van der Waals surface area (Å²) in [6.45, 7) is 1.08. The number of benzene rings is 2. The molecular formula is C19H20N2O3. The highest BCUT2D eigenvalue weighted by Crippen LogP contribution is 2.16. The molecule has 2 N–H and O–H groups in total. The molecule has 0 bridgehead atoms. The number of methoxy groups -OCH3 is 1. The summed E-state index contributed by atoms with van der Waals surface area (Å²) in [4.78, 5) is 11.6. The molecule has 2 aromatic carbocycles. The Morgan fingerprint density at radius 2 is 1.71 bits per heavy atom. The van der Waals surface area contributed by atoms with Crippen LogP contribution < -0.4 is 20.1 Å². The Morgan fingerprint density at radius 3 is 2.42 bits per heavy atom. The van der Waals surface area contributed by atoms with Crippen LogP contribution in [0.25, 0.3) is 0 Å². The molecule has 0 radical (unpaired) electrons. The molecule has 0 aliphatic heterocycles. The summed E-state index contributed by atoms with van der Waals surface area (Å²) in [5, 5.41) is 5.38. The molecule has 0 aliphatic carbocycles. The van der Waals surface area contributed by atoms with Crippen molar-refractivity contribution in [1.82, 2.24) is 10.6 Å². The van der Waals surface area contributed by atoms with E-state index in [-0.39, 0.29) is 6.03 Å². The third-order valence-electron chi connectivity index (χ3n) is 3.06. The van der Waals surface area contributed by atoms with Crippen LogP contribution in [0.5, 0.6) is 11.5 Å². The largest absolute Gasteiger partial charge is 0.497 e. The fourth-order valence-electron chi connectivity index (χ4n) is 1.86. The maximum absolute atomic E-state index is 11.6. The van der Waals surface area contributed by atoms with Crippen molar-refractivity contribution in [3.05, 3.63) is 60.2 Å². The lowest BCUT2D eigenvalue weighted by Crippen LogP contribution is -2.37. The maximum Gasteiger partial charge on any atom is 0.315 e. The smallest absolute Gasteiger partial charge is 0.315 e. The summed E-state index contributed by atoms with van der Waals surface area (Å²) >= 11 is 0. The van der Waals surface area contributed by atoms with Crippen molar-refractivity contribution >= 4 is 6.03 Å². The van der Waals surface area contributed by atoms with Crippen LogP contribution in [0.2, 0.25) is 0 Å². The van der Waals surface area contributed by atoms with Gasteiger partial charge < -0.3 is 20.1 Å². The standard InChI is InChI=1S/C19H20N2O3/c1-23-17-9-11-18(12-10-17)24-15-14-21-19(22)20-13-5-8-16-6-3-2-4-7-16/h2-4,6-7,9-12H,13-15H2,1H3,(H2,20,21,22). The molecule has 2 rings (SSSR count). The quantitative estimate of drug-likeness (QED) is 0.634. The molecule has 0 saturated carbocycles. The van der Waals surface area contributed by atoms with Gasteiger partial charge in [-0.2, -0.15) is 0 Å². The fourth-order valence-corrected chi connectivity index (χ4v) is 1.86. The van der Waals surface area contributed by atoms with E-state index in [9.17, 15) is 4.79 Å². The lowest BCUT2D eigenvalue weighted by molar-refractivity contribution is 0.237. The van der Waals surface area contributed by atoms with Gasteiger partial charge in [0, 0.05) is 5.56 Å². The number of carbonyl (C=O) groups excluding carboxylic acids is 1. The number of carbonyl (C=O) groups is 1. The molecule has 0 saturated heterocycles. The molecule has 0 fully saturated rings. The molecule has 124 valence electrons. The number of rotatable bonds is 6. The predicted octanol–water partition coefficient (Wildman–Crippen LogP) is 2.42. The van der Waals surface area contributed by atoms with E-state index in [0.717, 1.165) is 17.1 Å². The van der Waals surface area contributed by atoms with Crippen molar-refractivity contribution in [3.63, 3.8) is 0 Å².